The predicted octanol–water partition coefficient (Wildman–Crippen LogP) is 2.72. The number of benzene rings is 1. The molecule has 0 radical (unpaired) electrons. The number of phenolic OH excluding ortho intramolecular Hbond substituents is 1. The Labute approximate surface area is 140 Å². The van der Waals surface area contributed by atoms with Crippen molar-refractivity contribution in [1.82, 2.24) is 4.98 Å². The van der Waals surface area contributed by atoms with E-state index in [0.29, 0.717) is 21.3 Å². The Morgan fingerprint density at radius 3 is 2.79 bits per heavy atom. The summed E-state index contributed by atoms with van der Waals surface area (Å²) in [4.78, 5) is 26.3. The molecule has 2 aromatic rings. The number of anilines is 1. The van der Waals surface area contributed by atoms with Gasteiger partial charge in [-0.05, 0) is 13.0 Å². The van der Waals surface area contributed by atoms with Crippen LogP contribution in [0, 0.1) is 17.0 Å². The lowest BCUT2D eigenvalue weighted by molar-refractivity contribution is -0.386. The van der Waals surface area contributed by atoms with Gasteiger partial charge in [0.05, 0.1) is 28.8 Å². The molecule has 0 spiro atoms. The summed E-state index contributed by atoms with van der Waals surface area (Å²) < 4.78 is 4.90. The summed E-state index contributed by atoms with van der Waals surface area (Å²) in [7, 11) is 1.29. The zero-order chi connectivity index (χ0) is 17.9. The minimum atomic E-state index is -0.716. The van der Waals surface area contributed by atoms with Gasteiger partial charge in [-0.25, -0.2) is 4.98 Å². The fourth-order valence-electron chi connectivity index (χ4n) is 1.92. The van der Waals surface area contributed by atoms with Gasteiger partial charge >= 0.3 is 5.69 Å². The molecule has 0 bridgehead atoms. The molecular weight excluding hydrogens is 336 g/mol. The fourth-order valence-corrected chi connectivity index (χ4v) is 2.73. The van der Waals surface area contributed by atoms with Crippen LogP contribution in [0.2, 0.25) is 0 Å². The van der Waals surface area contributed by atoms with Gasteiger partial charge in [-0.2, -0.15) is 5.10 Å². The van der Waals surface area contributed by atoms with Crippen LogP contribution < -0.4 is 10.2 Å². The second kappa shape index (κ2) is 7.04. The molecule has 0 saturated heterocycles. The van der Waals surface area contributed by atoms with Crippen LogP contribution >= 0.6 is 11.3 Å². The number of hydrogen-bond acceptors (Lipinski definition) is 9. The van der Waals surface area contributed by atoms with Crippen molar-refractivity contribution in [3.05, 3.63) is 38.4 Å². The molecule has 126 valence electrons. The van der Waals surface area contributed by atoms with Crippen LogP contribution in [0.15, 0.2) is 17.2 Å². The second-order valence-electron chi connectivity index (χ2n) is 4.71. The number of methoxy groups -OCH3 is 1. The highest BCUT2D eigenvalue weighted by molar-refractivity contribution is 7.17. The maximum Gasteiger partial charge on any atom is 0.315 e. The summed E-state index contributed by atoms with van der Waals surface area (Å²) in [6.07, 6.45) is 1.32. The number of nitro groups is 1. The molecule has 24 heavy (non-hydrogen) atoms. The van der Waals surface area contributed by atoms with Crippen molar-refractivity contribution in [1.29, 1.82) is 0 Å². The average molecular weight is 350 g/mol. The van der Waals surface area contributed by atoms with Crippen molar-refractivity contribution in [2.45, 2.75) is 13.8 Å². The third-order valence-electron chi connectivity index (χ3n) is 2.98. The number of nitrogens with one attached hydrogen (secondary N) is 1. The van der Waals surface area contributed by atoms with Gasteiger partial charge in [0.15, 0.2) is 11.5 Å². The molecule has 9 nitrogen and oxygen atoms in total. The number of hydrazone groups is 1. The maximum atomic E-state index is 11.4. The van der Waals surface area contributed by atoms with E-state index in [9.17, 15) is 20.0 Å². The average Bonchev–Trinajstić information content (AvgIpc) is 2.89. The van der Waals surface area contributed by atoms with E-state index in [4.69, 9.17) is 4.74 Å². The maximum absolute atomic E-state index is 11.4. The van der Waals surface area contributed by atoms with Gasteiger partial charge < -0.3 is 9.84 Å². The van der Waals surface area contributed by atoms with Crippen LogP contribution in [0.25, 0.3) is 0 Å². The molecular formula is C14H14N4O5S. The van der Waals surface area contributed by atoms with Crippen molar-refractivity contribution in [2.75, 3.05) is 12.5 Å². The van der Waals surface area contributed by atoms with Crippen molar-refractivity contribution in [2.24, 2.45) is 5.10 Å². The minimum absolute atomic E-state index is 0.0328. The van der Waals surface area contributed by atoms with E-state index in [1.807, 2.05) is 0 Å². The van der Waals surface area contributed by atoms with Crippen molar-refractivity contribution in [3.63, 3.8) is 0 Å². The van der Waals surface area contributed by atoms with Gasteiger partial charge in [-0.3, -0.25) is 20.3 Å². The van der Waals surface area contributed by atoms with E-state index in [1.165, 1.54) is 26.3 Å². The summed E-state index contributed by atoms with van der Waals surface area (Å²) >= 11 is 1.16. The quantitative estimate of drug-likeness (QED) is 0.355. The number of phenols is 1. The van der Waals surface area contributed by atoms with E-state index in [-0.39, 0.29) is 11.5 Å². The molecule has 0 fully saturated rings. The van der Waals surface area contributed by atoms with Gasteiger partial charge in [-0.1, -0.05) is 11.3 Å². The number of ether oxygens (including phenoxy) is 1. The highest BCUT2D eigenvalue weighted by Crippen LogP contribution is 2.36. The Balaban J connectivity index is 2.23. The van der Waals surface area contributed by atoms with Crippen LogP contribution in [0.1, 0.15) is 27.9 Å². The minimum Gasteiger partial charge on any atom is -0.500 e. The Kier molecular flexibility index (Phi) is 5.09. The van der Waals surface area contributed by atoms with Crippen LogP contribution in [0.3, 0.4) is 0 Å². The number of rotatable bonds is 6. The summed E-state index contributed by atoms with van der Waals surface area (Å²) in [5.41, 5.74) is 3.13. The third-order valence-corrected chi connectivity index (χ3v) is 4.15. The van der Waals surface area contributed by atoms with E-state index < -0.39 is 16.4 Å². The summed E-state index contributed by atoms with van der Waals surface area (Å²) in [5, 5.41) is 25.0. The standard InChI is InChI=1S/C14H14N4O5S/c1-7-13(8(2)19)24-14(16-7)17-15-6-9-4-10(18(21)22)12(20)11(5-9)23-3/h4-6,20H,1-3H3,(H,16,17)/b15-6-. The third kappa shape index (κ3) is 3.66. The van der Waals surface area contributed by atoms with Gasteiger partial charge in [-0.15, -0.1) is 0 Å². The smallest absolute Gasteiger partial charge is 0.315 e. The molecule has 10 heteroatoms. The van der Waals surface area contributed by atoms with Crippen LogP contribution in [0.4, 0.5) is 10.8 Å². The second-order valence-corrected chi connectivity index (χ2v) is 5.71. The summed E-state index contributed by atoms with van der Waals surface area (Å²) in [6, 6.07) is 2.57. The van der Waals surface area contributed by atoms with Crippen LogP contribution in [0.5, 0.6) is 11.5 Å². The lowest BCUT2D eigenvalue weighted by atomic mass is 10.2. The largest absolute Gasteiger partial charge is 0.500 e. The van der Waals surface area contributed by atoms with E-state index in [0.717, 1.165) is 17.4 Å². The number of nitrogens with zero attached hydrogens (tertiary/aromatic N) is 3. The summed E-state index contributed by atoms with van der Waals surface area (Å²) in [5.74, 6) is -0.662. The number of nitro benzene ring substituents is 1. The molecule has 0 atom stereocenters. The zero-order valence-electron chi connectivity index (χ0n) is 13.1. The number of carbonyl (C=O) groups excluding carboxylic acids is 1. The molecule has 1 aromatic carbocycles. The molecule has 0 aliphatic carbocycles. The zero-order valence-corrected chi connectivity index (χ0v) is 13.9. The van der Waals surface area contributed by atoms with Crippen molar-refractivity contribution in [3.8, 4) is 11.5 Å². The van der Waals surface area contributed by atoms with Crippen molar-refractivity contribution >= 4 is 34.2 Å². The predicted molar refractivity (Wildman–Crippen MR) is 89.4 cm³/mol. The van der Waals surface area contributed by atoms with E-state index in [1.54, 1.807) is 6.92 Å². The molecule has 0 saturated carbocycles. The summed E-state index contributed by atoms with van der Waals surface area (Å²) in [6.45, 7) is 3.17. The first-order chi connectivity index (χ1) is 11.3. The highest BCUT2D eigenvalue weighted by atomic mass is 32.1. The molecule has 2 rings (SSSR count). The van der Waals surface area contributed by atoms with Gasteiger partial charge in [0, 0.05) is 18.6 Å². The number of carbonyl (C=O) groups is 1. The molecule has 2 N–H and O–H groups in total. The van der Waals surface area contributed by atoms with Crippen LogP contribution in [-0.2, 0) is 0 Å². The molecule has 0 amide bonds. The molecule has 1 aromatic heterocycles. The number of Topliss-reactive ketones (excluding diaryl/α,β-unsaturated/α-hetero) is 1. The first-order valence-electron chi connectivity index (χ1n) is 6.66. The monoisotopic (exact) mass is 350 g/mol. The van der Waals surface area contributed by atoms with Gasteiger partial charge in [0.1, 0.15) is 0 Å². The van der Waals surface area contributed by atoms with Gasteiger partial charge in [0.25, 0.3) is 0 Å². The Morgan fingerprint density at radius 2 is 2.25 bits per heavy atom. The lowest BCUT2D eigenvalue weighted by Gasteiger charge is -2.04. The highest BCUT2D eigenvalue weighted by Gasteiger charge is 2.19. The number of thiazole rings is 1. The first-order valence-corrected chi connectivity index (χ1v) is 7.48. The first kappa shape index (κ1) is 17.3. The van der Waals surface area contributed by atoms with Crippen molar-refractivity contribution < 1.29 is 19.6 Å². The molecule has 0 unspecified atom stereocenters. The SMILES string of the molecule is COc1cc(/C=N\Nc2nc(C)c(C(C)=O)s2)cc([N+](=O)[O-])c1O. The Bertz CT molecular complexity index is 831. The molecule has 0 aliphatic heterocycles. The normalized spacial score (nSPS) is 10.8. The Morgan fingerprint density at radius 1 is 1.54 bits per heavy atom. The van der Waals surface area contributed by atoms with Gasteiger partial charge in [0.2, 0.25) is 10.9 Å². The topological polar surface area (TPSA) is 127 Å². The number of aromatic hydroxyl groups is 1. The fraction of sp³-hybridized carbons (Fsp3) is 0.214. The van der Waals surface area contributed by atoms with Crippen LogP contribution in [-0.4, -0.2) is 34.1 Å². The number of hydrogen-bond donors (Lipinski definition) is 2. The number of ketones is 1. The van der Waals surface area contributed by atoms with E-state index in [2.05, 4.69) is 15.5 Å². The number of aromatic nitrogens is 1. The molecule has 0 aliphatic rings. The molecule has 1 heterocycles. The number of aryl methyl sites for hydroxylation is 1. The Hall–Kier alpha value is -3.01. The van der Waals surface area contributed by atoms with E-state index >= 15 is 0 Å². The lowest BCUT2D eigenvalue weighted by Crippen LogP contribution is -1.96.